The van der Waals surface area contributed by atoms with E-state index in [0.29, 0.717) is 5.56 Å². The van der Waals surface area contributed by atoms with Gasteiger partial charge in [0.25, 0.3) is 5.69 Å². The van der Waals surface area contributed by atoms with Gasteiger partial charge in [0.2, 0.25) is 0 Å². The fraction of sp³-hybridized carbons (Fsp3) is 0.364. The minimum absolute atomic E-state index is 0.0253. The monoisotopic (exact) mass is 240 g/mol. The zero-order valence-electron chi connectivity index (χ0n) is 9.79. The maximum absolute atomic E-state index is 10.4. The van der Waals surface area contributed by atoms with Gasteiger partial charge in [-0.15, -0.1) is 0 Å². The van der Waals surface area contributed by atoms with Crippen LogP contribution in [0.5, 0.6) is 0 Å². The van der Waals surface area contributed by atoms with E-state index in [1.165, 1.54) is 24.3 Å². The number of non-ortho nitro benzene ring substituents is 1. The fourth-order valence-electron chi connectivity index (χ4n) is 1.09. The molecule has 6 heteroatoms. The second-order valence-corrected chi connectivity index (χ2v) is 3.07. The smallest absolute Gasteiger partial charge is 0.320 e. The topological polar surface area (TPSA) is 106 Å². The third-order valence-electron chi connectivity index (χ3n) is 1.92. The average molecular weight is 240 g/mol. The lowest BCUT2D eigenvalue weighted by Crippen LogP contribution is -2.32. The lowest BCUT2D eigenvalue weighted by Gasteiger charge is -2.05. The van der Waals surface area contributed by atoms with Crippen LogP contribution in [0.4, 0.5) is 5.69 Å². The van der Waals surface area contributed by atoms with Gasteiger partial charge in [-0.2, -0.15) is 0 Å². The highest BCUT2D eigenvalue weighted by Gasteiger charge is 2.12. The van der Waals surface area contributed by atoms with Gasteiger partial charge < -0.3 is 10.8 Å². The first kappa shape index (κ1) is 15.0. The molecular formula is C11H16N2O4. The van der Waals surface area contributed by atoms with E-state index in [1.807, 2.05) is 13.8 Å². The van der Waals surface area contributed by atoms with Crippen LogP contribution in [0.2, 0.25) is 0 Å². The van der Waals surface area contributed by atoms with Crippen molar-refractivity contribution in [3.05, 3.63) is 39.9 Å². The molecule has 17 heavy (non-hydrogen) atoms. The number of carbonyl (C=O) groups is 1. The van der Waals surface area contributed by atoms with Crippen molar-refractivity contribution >= 4 is 11.7 Å². The Bertz CT molecular complexity index is 376. The van der Waals surface area contributed by atoms with Gasteiger partial charge in [0.15, 0.2) is 0 Å². The molecule has 0 spiro atoms. The predicted octanol–water partition coefficient (Wildman–Crippen LogP) is 1.58. The lowest BCUT2D eigenvalue weighted by atomic mass is 10.1. The van der Waals surface area contributed by atoms with Crippen molar-refractivity contribution in [3.8, 4) is 0 Å². The molecule has 0 bridgehead atoms. The van der Waals surface area contributed by atoms with Crippen LogP contribution in [0, 0.1) is 10.1 Å². The van der Waals surface area contributed by atoms with Gasteiger partial charge in [-0.1, -0.05) is 26.0 Å². The fourth-order valence-corrected chi connectivity index (χ4v) is 1.09. The Balaban J connectivity index is 0.00000121. The molecule has 1 atom stereocenters. The maximum atomic E-state index is 10.4. The van der Waals surface area contributed by atoms with Crippen LogP contribution in [-0.2, 0) is 11.2 Å². The summed E-state index contributed by atoms with van der Waals surface area (Å²) >= 11 is 0. The molecule has 3 N–H and O–H groups in total. The van der Waals surface area contributed by atoms with Gasteiger partial charge >= 0.3 is 5.97 Å². The van der Waals surface area contributed by atoms with Crippen molar-refractivity contribution < 1.29 is 14.8 Å². The average Bonchev–Trinajstić information content (AvgIpc) is 2.32. The number of nitro benzene ring substituents is 1. The van der Waals surface area contributed by atoms with E-state index in [9.17, 15) is 14.9 Å². The Labute approximate surface area is 99.2 Å². The van der Waals surface area contributed by atoms with Crippen molar-refractivity contribution in [3.63, 3.8) is 0 Å². The van der Waals surface area contributed by atoms with Crippen LogP contribution in [0.3, 0.4) is 0 Å². The molecule has 0 fully saturated rings. The highest BCUT2D eigenvalue weighted by atomic mass is 16.6. The first-order valence-corrected chi connectivity index (χ1v) is 5.22. The highest BCUT2D eigenvalue weighted by molar-refractivity contribution is 5.73. The third kappa shape index (κ3) is 5.07. The Kier molecular flexibility index (Phi) is 6.50. The van der Waals surface area contributed by atoms with E-state index in [1.54, 1.807) is 0 Å². The summed E-state index contributed by atoms with van der Waals surface area (Å²) < 4.78 is 0. The lowest BCUT2D eigenvalue weighted by molar-refractivity contribution is -0.384. The van der Waals surface area contributed by atoms with Crippen LogP contribution >= 0.6 is 0 Å². The Morgan fingerprint density at radius 3 is 2.24 bits per heavy atom. The molecule has 1 aromatic rings. The van der Waals surface area contributed by atoms with E-state index < -0.39 is 16.9 Å². The van der Waals surface area contributed by atoms with Crippen LogP contribution in [0.25, 0.3) is 0 Å². The summed E-state index contributed by atoms with van der Waals surface area (Å²) in [6.07, 6.45) is 0.160. The van der Waals surface area contributed by atoms with Gasteiger partial charge in [-0.3, -0.25) is 14.9 Å². The van der Waals surface area contributed by atoms with E-state index in [2.05, 4.69) is 0 Å². The molecule has 0 aliphatic heterocycles. The van der Waals surface area contributed by atoms with E-state index in [-0.39, 0.29) is 12.1 Å². The molecule has 0 heterocycles. The number of benzene rings is 1. The predicted molar refractivity (Wildman–Crippen MR) is 63.8 cm³/mol. The van der Waals surface area contributed by atoms with Gasteiger partial charge in [-0.25, -0.2) is 0 Å². The molecule has 0 amide bonds. The largest absolute Gasteiger partial charge is 0.480 e. The summed E-state index contributed by atoms with van der Waals surface area (Å²) in [6.45, 7) is 4.00. The molecule has 0 aromatic heterocycles. The third-order valence-corrected chi connectivity index (χ3v) is 1.92. The summed E-state index contributed by atoms with van der Waals surface area (Å²) in [5.41, 5.74) is 5.95. The van der Waals surface area contributed by atoms with Crippen LogP contribution < -0.4 is 5.73 Å². The SMILES string of the molecule is CC.NC(Cc1ccc([N+](=O)[O-])cc1)C(=O)O. The van der Waals surface area contributed by atoms with Crippen molar-refractivity contribution in [1.82, 2.24) is 0 Å². The molecule has 94 valence electrons. The molecule has 1 aromatic carbocycles. The van der Waals surface area contributed by atoms with Crippen molar-refractivity contribution in [2.75, 3.05) is 0 Å². The molecular weight excluding hydrogens is 224 g/mol. The summed E-state index contributed by atoms with van der Waals surface area (Å²) in [5, 5.41) is 18.9. The minimum Gasteiger partial charge on any atom is -0.480 e. The maximum Gasteiger partial charge on any atom is 0.320 e. The Hall–Kier alpha value is -1.95. The quantitative estimate of drug-likeness (QED) is 0.613. The second-order valence-electron chi connectivity index (χ2n) is 3.07. The number of aliphatic carboxylic acids is 1. The summed E-state index contributed by atoms with van der Waals surface area (Å²) in [6, 6.07) is 4.67. The minimum atomic E-state index is -1.09. The molecule has 1 rings (SSSR count). The molecule has 0 radical (unpaired) electrons. The van der Waals surface area contributed by atoms with E-state index in [4.69, 9.17) is 10.8 Å². The van der Waals surface area contributed by atoms with Crippen LogP contribution in [0.15, 0.2) is 24.3 Å². The number of nitro groups is 1. The highest BCUT2D eigenvalue weighted by Crippen LogP contribution is 2.12. The van der Waals surface area contributed by atoms with Gasteiger partial charge in [-0.05, 0) is 12.0 Å². The number of rotatable bonds is 4. The Morgan fingerprint density at radius 1 is 1.41 bits per heavy atom. The molecule has 1 unspecified atom stereocenters. The Morgan fingerprint density at radius 2 is 1.88 bits per heavy atom. The van der Waals surface area contributed by atoms with Gasteiger partial charge in [0, 0.05) is 12.1 Å². The molecule has 0 aliphatic rings. The molecule has 0 saturated heterocycles. The zero-order valence-corrected chi connectivity index (χ0v) is 9.79. The normalized spacial score (nSPS) is 11.0. The summed E-state index contributed by atoms with van der Waals surface area (Å²) in [4.78, 5) is 20.3. The zero-order chi connectivity index (χ0) is 13.4. The van der Waals surface area contributed by atoms with Gasteiger partial charge in [0.05, 0.1) is 4.92 Å². The molecule has 6 nitrogen and oxygen atoms in total. The van der Waals surface area contributed by atoms with Crippen LogP contribution in [0.1, 0.15) is 19.4 Å². The van der Waals surface area contributed by atoms with Crippen molar-refractivity contribution in [2.24, 2.45) is 5.73 Å². The van der Waals surface area contributed by atoms with Crippen molar-refractivity contribution in [2.45, 2.75) is 26.3 Å². The number of hydrogen-bond donors (Lipinski definition) is 2. The first-order chi connectivity index (χ1) is 8.00. The first-order valence-electron chi connectivity index (χ1n) is 5.22. The summed E-state index contributed by atoms with van der Waals surface area (Å²) in [7, 11) is 0. The number of carboxylic acid groups (broad SMARTS) is 1. The number of nitrogens with zero attached hydrogens (tertiary/aromatic N) is 1. The number of nitrogens with two attached hydrogens (primary N) is 1. The van der Waals surface area contributed by atoms with E-state index in [0.717, 1.165) is 0 Å². The molecule has 0 aliphatic carbocycles. The van der Waals surface area contributed by atoms with E-state index >= 15 is 0 Å². The van der Waals surface area contributed by atoms with Gasteiger partial charge in [0.1, 0.15) is 6.04 Å². The molecule has 0 saturated carbocycles. The number of hydrogen-bond acceptors (Lipinski definition) is 4. The second kappa shape index (κ2) is 7.34. The number of carboxylic acids is 1. The standard InChI is InChI=1S/C9H10N2O4.C2H6/c10-8(9(12)13)5-6-1-3-7(4-2-6)11(14)15;1-2/h1-4,8H,5,10H2,(H,12,13);1-2H3. The summed E-state index contributed by atoms with van der Waals surface area (Å²) in [5.74, 6) is -1.09. The van der Waals surface area contributed by atoms with Crippen molar-refractivity contribution in [1.29, 1.82) is 0 Å². The van der Waals surface area contributed by atoms with Crippen LogP contribution in [-0.4, -0.2) is 22.0 Å².